The summed E-state index contributed by atoms with van der Waals surface area (Å²) in [6.45, 7) is 3.72. The van der Waals surface area contributed by atoms with E-state index in [2.05, 4.69) is 17.6 Å². The molecule has 156 valence electrons. The highest BCUT2D eigenvalue weighted by Gasteiger charge is 2.37. The molecule has 2 heterocycles. The second-order valence-electron chi connectivity index (χ2n) is 7.93. The van der Waals surface area contributed by atoms with Gasteiger partial charge in [0.1, 0.15) is 6.04 Å². The van der Waals surface area contributed by atoms with Gasteiger partial charge in [-0.3, -0.25) is 14.9 Å². The maximum atomic E-state index is 12.6. The molecule has 0 radical (unpaired) electrons. The van der Waals surface area contributed by atoms with Gasteiger partial charge in [-0.15, -0.1) is 11.8 Å². The van der Waals surface area contributed by atoms with E-state index in [1.807, 2.05) is 0 Å². The lowest BCUT2D eigenvalue weighted by molar-refractivity contribution is -0.139. The third kappa shape index (κ3) is 8.02. The molecule has 0 spiro atoms. The SMILES string of the molecule is CCCCCCCCCCCCNC(=O)C1CCCN1C(=O)C1CSCN1. The fourth-order valence-electron chi connectivity index (χ4n) is 4.00. The molecule has 0 aromatic rings. The van der Waals surface area contributed by atoms with Crippen molar-refractivity contribution in [2.75, 3.05) is 24.7 Å². The van der Waals surface area contributed by atoms with E-state index in [1.165, 1.54) is 57.8 Å². The third-order valence-corrected chi connectivity index (χ3v) is 6.62. The molecule has 0 aliphatic carbocycles. The predicted molar refractivity (Wildman–Crippen MR) is 114 cm³/mol. The van der Waals surface area contributed by atoms with Crippen molar-refractivity contribution in [1.82, 2.24) is 15.5 Å². The first kappa shape index (κ1) is 22.5. The van der Waals surface area contributed by atoms with Gasteiger partial charge < -0.3 is 10.2 Å². The Kier molecular flexibility index (Phi) is 11.2. The molecule has 27 heavy (non-hydrogen) atoms. The van der Waals surface area contributed by atoms with Crippen LogP contribution in [-0.2, 0) is 9.59 Å². The summed E-state index contributed by atoms with van der Waals surface area (Å²) in [7, 11) is 0. The molecule has 6 heteroatoms. The Morgan fingerprint density at radius 1 is 1.04 bits per heavy atom. The van der Waals surface area contributed by atoms with E-state index >= 15 is 0 Å². The van der Waals surface area contributed by atoms with Gasteiger partial charge in [0.2, 0.25) is 11.8 Å². The highest BCUT2D eigenvalue weighted by atomic mass is 32.2. The Balaban J connectivity index is 1.51. The van der Waals surface area contributed by atoms with Gasteiger partial charge in [-0.2, -0.15) is 0 Å². The molecule has 2 N–H and O–H groups in total. The van der Waals surface area contributed by atoms with Crippen molar-refractivity contribution < 1.29 is 9.59 Å². The van der Waals surface area contributed by atoms with Gasteiger partial charge in [-0.1, -0.05) is 64.7 Å². The Bertz CT molecular complexity index is 441. The fourth-order valence-corrected chi connectivity index (χ4v) is 4.93. The minimum absolute atomic E-state index is 0.0439. The molecule has 2 aliphatic heterocycles. The molecule has 2 atom stereocenters. The number of nitrogens with zero attached hydrogens (tertiary/aromatic N) is 1. The Labute approximate surface area is 169 Å². The molecule has 0 saturated carbocycles. The zero-order valence-electron chi connectivity index (χ0n) is 17.1. The van der Waals surface area contributed by atoms with Crippen molar-refractivity contribution in [3.05, 3.63) is 0 Å². The molecular weight excluding hydrogens is 358 g/mol. The Hall–Kier alpha value is -0.750. The molecule has 2 amide bonds. The Morgan fingerprint density at radius 3 is 2.33 bits per heavy atom. The number of hydrogen-bond donors (Lipinski definition) is 2. The van der Waals surface area contributed by atoms with Crippen LogP contribution in [0.1, 0.15) is 84.0 Å². The van der Waals surface area contributed by atoms with E-state index < -0.39 is 0 Å². The number of hydrogen-bond acceptors (Lipinski definition) is 4. The summed E-state index contributed by atoms with van der Waals surface area (Å²) in [6, 6.07) is -0.363. The van der Waals surface area contributed by atoms with Crippen molar-refractivity contribution in [3.8, 4) is 0 Å². The number of carbonyl (C=O) groups excluding carboxylic acids is 2. The first-order valence-electron chi connectivity index (χ1n) is 11.1. The van der Waals surface area contributed by atoms with Crippen LogP contribution in [0, 0.1) is 0 Å². The molecule has 2 unspecified atom stereocenters. The van der Waals surface area contributed by atoms with Crippen LogP contribution in [0.25, 0.3) is 0 Å². The minimum atomic E-state index is -0.256. The molecule has 0 aromatic carbocycles. The van der Waals surface area contributed by atoms with Crippen molar-refractivity contribution in [2.45, 2.75) is 96.1 Å². The average molecular weight is 398 g/mol. The predicted octanol–water partition coefficient (Wildman–Crippen LogP) is 3.68. The lowest BCUT2D eigenvalue weighted by atomic mass is 10.1. The number of nitrogens with one attached hydrogen (secondary N) is 2. The van der Waals surface area contributed by atoms with Crippen molar-refractivity contribution >= 4 is 23.6 Å². The molecule has 5 nitrogen and oxygen atoms in total. The third-order valence-electron chi connectivity index (χ3n) is 5.68. The monoisotopic (exact) mass is 397 g/mol. The van der Waals surface area contributed by atoms with Gasteiger partial charge in [0.25, 0.3) is 0 Å². The Morgan fingerprint density at radius 2 is 1.70 bits per heavy atom. The van der Waals surface area contributed by atoms with Crippen LogP contribution in [0.2, 0.25) is 0 Å². The summed E-state index contributed by atoms with van der Waals surface area (Å²) in [5.41, 5.74) is 0. The summed E-state index contributed by atoms with van der Waals surface area (Å²) < 4.78 is 0. The van der Waals surface area contributed by atoms with Crippen LogP contribution in [-0.4, -0.2) is 53.5 Å². The second-order valence-corrected chi connectivity index (χ2v) is 8.96. The van der Waals surface area contributed by atoms with Crippen molar-refractivity contribution in [2.24, 2.45) is 0 Å². The topological polar surface area (TPSA) is 61.4 Å². The van der Waals surface area contributed by atoms with E-state index in [0.29, 0.717) is 0 Å². The highest BCUT2D eigenvalue weighted by molar-refractivity contribution is 7.99. The van der Waals surface area contributed by atoms with Gasteiger partial charge in [-0.05, 0) is 19.3 Å². The summed E-state index contributed by atoms with van der Waals surface area (Å²) in [5.74, 6) is 1.81. The molecule has 2 aliphatic rings. The molecule has 2 fully saturated rings. The van der Waals surface area contributed by atoms with Crippen LogP contribution in [0.5, 0.6) is 0 Å². The molecule has 2 saturated heterocycles. The number of rotatable bonds is 13. The highest BCUT2D eigenvalue weighted by Crippen LogP contribution is 2.21. The van der Waals surface area contributed by atoms with Gasteiger partial charge in [0, 0.05) is 24.7 Å². The van der Waals surface area contributed by atoms with Crippen LogP contribution in [0.15, 0.2) is 0 Å². The van der Waals surface area contributed by atoms with Crippen molar-refractivity contribution in [1.29, 1.82) is 0 Å². The maximum Gasteiger partial charge on any atom is 0.242 e. The van der Waals surface area contributed by atoms with Gasteiger partial charge in [-0.25, -0.2) is 0 Å². The standard InChI is InChI=1S/C21H39N3O2S/c1-2-3-4-5-6-7-8-9-10-11-14-22-20(25)19-13-12-15-24(19)21(26)18-16-27-17-23-18/h18-19,23H,2-17H2,1H3,(H,22,25). The van der Waals surface area contributed by atoms with E-state index in [1.54, 1.807) is 16.7 Å². The summed E-state index contributed by atoms with van der Waals surface area (Å²) in [6.07, 6.45) is 14.7. The zero-order valence-corrected chi connectivity index (χ0v) is 18.0. The van der Waals surface area contributed by atoms with E-state index in [-0.39, 0.29) is 23.9 Å². The molecule has 0 aromatic heterocycles. The molecule has 2 rings (SSSR count). The number of likely N-dealkylation sites (tertiary alicyclic amines) is 1. The first-order chi connectivity index (χ1) is 13.2. The summed E-state index contributed by atoms with van der Waals surface area (Å²) in [4.78, 5) is 26.9. The minimum Gasteiger partial charge on any atom is -0.354 e. The zero-order chi connectivity index (χ0) is 19.3. The largest absolute Gasteiger partial charge is 0.354 e. The van der Waals surface area contributed by atoms with E-state index in [9.17, 15) is 9.59 Å². The number of amides is 2. The summed E-state index contributed by atoms with van der Waals surface area (Å²) >= 11 is 1.75. The fraction of sp³-hybridized carbons (Fsp3) is 0.905. The van der Waals surface area contributed by atoms with Gasteiger partial charge in [0.05, 0.1) is 6.04 Å². The van der Waals surface area contributed by atoms with E-state index in [0.717, 1.165) is 44.0 Å². The van der Waals surface area contributed by atoms with Crippen LogP contribution >= 0.6 is 11.8 Å². The van der Waals surface area contributed by atoms with Crippen LogP contribution in [0.4, 0.5) is 0 Å². The number of thioether (sulfide) groups is 1. The van der Waals surface area contributed by atoms with E-state index in [4.69, 9.17) is 0 Å². The summed E-state index contributed by atoms with van der Waals surface area (Å²) in [5, 5.41) is 6.29. The smallest absolute Gasteiger partial charge is 0.242 e. The first-order valence-corrected chi connectivity index (χ1v) is 12.3. The lowest BCUT2D eigenvalue weighted by Gasteiger charge is -2.26. The van der Waals surface area contributed by atoms with Gasteiger partial charge >= 0.3 is 0 Å². The van der Waals surface area contributed by atoms with Crippen LogP contribution in [0.3, 0.4) is 0 Å². The number of unbranched alkanes of at least 4 members (excludes halogenated alkanes) is 9. The van der Waals surface area contributed by atoms with Crippen LogP contribution < -0.4 is 10.6 Å². The normalized spacial score (nSPS) is 22.3. The maximum absolute atomic E-state index is 12.6. The number of carbonyl (C=O) groups is 2. The quantitative estimate of drug-likeness (QED) is 0.466. The lowest BCUT2D eigenvalue weighted by Crippen LogP contribution is -2.51. The van der Waals surface area contributed by atoms with Gasteiger partial charge in [0.15, 0.2) is 0 Å². The second kappa shape index (κ2) is 13.4. The molecule has 0 bridgehead atoms. The molecular formula is C21H39N3O2S. The average Bonchev–Trinajstić information content (AvgIpc) is 3.37. The van der Waals surface area contributed by atoms with Crippen molar-refractivity contribution in [3.63, 3.8) is 0 Å².